The number of hydrogen-bond acceptors (Lipinski definition) is 1. The molecule has 0 aromatic heterocycles. The lowest BCUT2D eigenvalue weighted by Crippen LogP contribution is -2.25. The third-order valence-electron chi connectivity index (χ3n) is 3.78. The van der Waals surface area contributed by atoms with Gasteiger partial charge in [-0.05, 0) is 42.4 Å². The van der Waals surface area contributed by atoms with Gasteiger partial charge in [-0.15, -0.1) is 0 Å². The van der Waals surface area contributed by atoms with Crippen molar-refractivity contribution in [3.63, 3.8) is 0 Å². The van der Waals surface area contributed by atoms with Gasteiger partial charge in [-0.2, -0.15) is 0 Å². The molecule has 23 heavy (non-hydrogen) atoms. The largest absolute Gasteiger partial charge is 0.352 e. The molecule has 1 aromatic carbocycles. The summed E-state index contributed by atoms with van der Waals surface area (Å²) in [6, 6.07) is 8.26. The van der Waals surface area contributed by atoms with Crippen molar-refractivity contribution in [1.29, 1.82) is 0 Å². The highest BCUT2D eigenvalue weighted by Crippen LogP contribution is 2.34. The average molecular weight is 330 g/mol. The van der Waals surface area contributed by atoms with Gasteiger partial charge in [0.15, 0.2) is 0 Å². The second-order valence-electron chi connectivity index (χ2n) is 6.36. The molecule has 0 heterocycles. The van der Waals surface area contributed by atoms with Gasteiger partial charge in [-0.1, -0.05) is 67.4 Å². The molecular formula is C20H24ClNO. The third-order valence-corrected chi connectivity index (χ3v) is 4.23. The Labute approximate surface area is 143 Å². The Morgan fingerprint density at radius 3 is 2.74 bits per heavy atom. The number of benzene rings is 1. The summed E-state index contributed by atoms with van der Waals surface area (Å²) in [5, 5.41) is 3.69. The van der Waals surface area contributed by atoms with Gasteiger partial charge in [0.1, 0.15) is 0 Å². The zero-order valence-electron chi connectivity index (χ0n) is 14.0. The highest BCUT2D eigenvalue weighted by Gasteiger charge is 2.15. The molecule has 2 rings (SSSR count). The molecule has 1 N–H and O–H groups in total. The molecule has 1 aromatic rings. The van der Waals surface area contributed by atoms with Crippen molar-refractivity contribution in [2.24, 2.45) is 5.92 Å². The summed E-state index contributed by atoms with van der Waals surface area (Å²) in [4.78, 5) is 11.7. The van der Waals surface area contributed by atoms with Crippen LogP contribution in [0.25, 0.3) is 5.03 Å². The third kappa shape index (κ3) is 5.11. The molecule has 0 saturated carbocycles. The molecule has 0 aliphatic heterocycles. The first-order valence-corrected chi connectivity index (χ1v) is 8.46. The van der Waals surface area contributed by atoms with Crippen LogP contribution >= 0.6 is 11.6 Å². The minimum Gasteiger partial charge on any atom is -0.352 e. The van der Waals surface area contributed by atoms with Crippen LogP contribution in [0.4, 0.5) is 0 Å². The molecular weight excluding hydrogens is 306 g/mol. The topological polar surface area (TPSA) is 29.1 Å². The van der Waals surface area contributed by atoms with Crippen LogP contribution in [0.5, 0.6) is 0 Å². The maximum Gasteiger partial charge on any atom is 0.243 e. The van der Waals surface area contributed by atoms with Crippen molar-refractivity contribution < 1.29 is 4.79 Å². The average Bonchev–Trinajstić information content (AvgIpc) is 2.54. The first-order chi connectivity index (χ1) is 11.0. The zero-order valence-corrected chi connectivity index (χ0v) is 14.8. The van der Waals surface area contributed by atoms with Crippen LogP contribution in [0.1, 0.15) is 38.3 Å². The van der Waals surface area contributed by atoms with E-state index >= 15 is 0 Å². The van der Waals surface area contributed by atoms with Crippen molar-refractivity contribution in [2.75, 3.05) is 6.54 Å². The fourth-order valence-electron chi connectivity index (χ4n) is 2.53. The van der Waals surface area contributed by atoms with Crippen molar-refractivity contribution in [1.82, 2.24) is 5.32 Å². The molecule has 0 fully saturated rings. The number of nitrogens with one attached hydrogen (secondary N) is 1. The molecule has 0 unspecified atom stereocenters. The first-order valence-electron chi connectivity index (χ1n) is 8.08. The van der Waals surface area contributed by atoms with Gasteiger partial charge in [0, 0.05) is 12.6 Å². The number of amides is 1. The Kier molecular flexibility index (Phi) is 6.23. The van der Waals surface area contributed by atoms with Gasteiger partial charge >= 0.3 is 0 Å². The molecule has 0 spiro atoms. The van der Waals surface area contributed by atoms with Crippen LogP contribution in [0.15, 0.2) is 53.6 Å². The number of carbonyl (C=O) groups is 1. The Hall–Kier alpha value is -1.80. The van der Waals surface area contributed by atoms with E-state index in [1.165, 1.54) is 5.56 Å². The minimum absolute atomic E-state index is 0.0551. The van der Waals surface area contributed by atoms with E-state index in [1.54, 1.807) is 6.08 Å². The monoisotopic (exact) mass is 329 g/mol. The van der Waals surface area contributed by atoms with Gasteiger partial charge in [0.2, 0.25) is 5.91 Å². The van der Waals surface area contributed by atoms with E-state index in [2.05, 4.69) is 37.4 Å². The van der Waals surface area contributed by atoms with Gasteiger partial charge in [0.05, 0.1) is 5.03 Å². The predicted molar refractivity (Wildman–Crippen MR) is 98.3 cm³/mol. The fourth-order valence-corrected chi connectivity index (χ4v) is 2.87. The maximum atomic E-state index is 11.7. The number of fused-ring (bicyclic) bond motifs is 1. The Balaban J connectivity index is 2.08. The lowest BCUT2D eigenvalue weighted by molar-refractivity contribution is -0.116. The molecule has 0 bridgehead atoms. The van der Waals surface area contributed by atoms with E-state index in [-0.39, 0.29) is 5.91 Å². The summed E-state index contributed by atoms with van der Waals surface area (Å²) in [5.74, 6) is 0.399. The molecule has 1 aliphatic carbocycles. The number of rotatable bonds is 5. The molecule has 0 radical (unpaired) electrons. The standard InChI is InChI=1S/C20H24ClNO/c1-14(2)13-22-19(23)11-8-15(3)12-17-10-9-16-6-4-5-7-18(16)20(17)21/h4-8,11-12,14H,9-10,13H2,1-3H3,(H,22,23)/b11-8+,15-12+. The highest BCUT2D eigenvalue weighted by molar-refractivity contribution is 6.49. The lowest BCUT2D eigenvalue weighted by atomic mass is 9.91. The lowest BCUT2D eigenvalue weighted by Gasteiger charge is -2.18. The van der Waals surface area contributed by atoms with E-state index in [0.29, 0.717) is 12.5 Å². The normalized spacial score (nSPS) is 15.3. The Morgan fingerprint density at radius 2 is 2.00 bits per heavy atom. The molecule has 1 amide bonds. The van der Waals surface area contributed by atoms with Crippen molar-refractivity contribution in [3.05, 3.63) is 64.8 Å². The number of halogens is 1. The second kappa shape index (κ2) is 8.16. The van der Waals surface area contributed by atoms with Crippen molar-refractivity contribution in [2.45, 2.75) is 33.6 Å². The zero-order chi connectivity index (χ0) is 16.8. The highest BCUT2D eigenvalue weighted by atomic mass is 35.5. The van der Waals surface area contributed by atoms with Crippen LogP contribution in [-0.2, 0) is 11.2 Å². The molecule has 3 heteroatoms. The van der Waals surface area contributed by atoms with Gasteiger partial charge in [-0.25, -0.2) is 0 Å². The van der Waals surface area contributed by atoms with Gasteiger partial charge < -0.3 is 5.32 Å². The number of aryl methyl sites for hydroxylation is 1. The van der Waals surface area contributed by atoms with Crippen molar-refractivity contribution in [3.8, 4) is 0 Å². The number of hydrogen-bond donors (Lipinski definition) is 1. The summed E-state index contributed by atoms with van der Waals surface area (Å²) >= 11 is 6.54. The quantitative estimate of drug-likeness (QED) is 0.606. The van der Waals surface area contributed by atoms with Crippen LogP contribution in [0.2, 0.25) is 0 Å². The van der Waals surface area contributed by atoms with Crippen LogP contribution in [0.3, 0.4) is 0 Å². The minimum atomic E-state index is -0.0551. The Bertz CT molecular complexity index is 668. The molecule has 0 atom stereocenters. The van der Waals surface area contributed by atoms with E-state index in [1.807, 2.05) is 25.1 Å². The summed E-state index contributed by atoms with van der Waals surface area (Å²) in [6.45, 7) is 6.83. The van der Waals surface area contributed by atoms with Crippen LogP contribution < -0.4 is 5.32 Å². The second-order valence-corrected chi connectivity index (χ2v) is 6.74. The van der Waals surface area contributed by atoms with Crippen LogP contribution in [-0.4, -0.2) is 12.5 Å². The first kappa shape index (κ1) is 17.6. The van der Waals surface area contributed by atoms with E-state index in [4.69, 9.17) is 11.6 Å². The van der Waals surface area contributed by atoms with Gasteiger partial charge in [0.25, 0.3) is 0 Å². The smallest absolute Gasteiger partial charge is 0.243 e. The summed E-state index contributed by atoms with van der Waals surface area (Å²) < 4.78 is 0. The molecule has 0 saturated heterocycles. The Morgan fingerprint density at radius 1 is 1.26 bits per heavy atom. The molecule has 1 aliphatic rings. The molecule has 122 valence electrons. The summed E-state index contributed by atoms with van der Waals surface area (Å²) in [7, 11) is 0. The predicted octanol–water partition coefficient (Wildman–Crippen LogP) is 4.86. The number of carbonyl (C=O) groups excluding carboxylic acids is 1. The van der Waals surface area contributed by atoms with E-state index < -0.39 is 0 Å². The summed E-state index contributed by atoms with van der Waals surface area (Å²) in [5.41, 5.74) is 4.58. The maximum absolute atomic E-state index is 11.7. The van der Waals surface area contributed by atoms with E-state index in [9.17, 15) is 4.79 Å². The summed E-state index contributed by atoms with van der Waals surface area (Å²) in [6.07, 6.45) is 7.43. The number of allylic oxidation sites excluding steroid dienone is 4. The van der Waals surface area contributed by atoms with E-state index in [0.717, 1.165) is 34.6 Å². The van der Waals surface area contributed by atoms with Crippen molar-refractivity contribution >= 4 is 22.5 Å². The van der Waals surface area contributed by atoms with Crippen LogP contribution in [0, 0.1) is 5.92 Å². The van der Waals surface area contributed by atoms with Gasteiger partial charge in [-0.3, -0.25) is 4.79 Å². The SMILES string of the molecule is CC(/C=C/C(=O)NCC(C)C)=C\C1=C(Cl)c2ccccc2CC1. The molecule has 2 nitrogen and oxygen atoms in total. The fraction of sp³-hybridized carbons (Fsp3) is 0.350.